The van der Waals surface area contributed by atoms with Gasteiger partial charge in [-0.1, -0.05) is 12.1 Å². The van der Waals surface area contributed by atoms with Crippen LogP contribution in [0.1, 0.15) is 6.42 Å². The molecule has 2 heterocycles. The van der Waals surface area contributed by atoms with E-state index in [0.29, 0.717) is 43.0 Å². The Balaban J connectivity index is 1.47. The number of ether oxygens (including phenoxy) is 1. The lowest BCUT2D eigenvalue weighted by molar-refractivity contribution is 0.105. The van der Waals surface area contributed by atoms with Gasteiger partial charge < -0.3 is 24.8 Å². The lowest BCUT2D eigenvalue weighted by Gasteiger charge is -2.14. The number of phenols is 1. The molecular weight excluding hydrogens is 378 g/mol. The third-order valence-electron chi connectivity index (χ3n) is 4.65. The van der Waals surface area contributed by atoms with Crippen LogP contribution < -0.4 is 21.3 Å². The van der Waals surface area contributed by atoms with Gasteiger partial charge >= 0.3 is 5.69 Å². The highest BCUT2D eigenvalue weighted by atomic mass is 16.5. The predicted octanol–water partition coefficient (Wildman–Crippen LogP) is -0.441. The molecule has 156 valence electrons. The molecule has 0 spiro atoms. The van der Waals surface area contributed by atoms with Crippen molar-refractivity contribution < 1.29 is 14.9 Å². The van der Waals surface area contributed by atoms with E-state index in [1.165, 1.54) is 17.7 Å². The summed E-state index contributed by atoms with van der Waals surface area (Å²) in [5.74, 6) is 0.360. The Morgan fingerprint density at radius 3 is 2.72 bits per heavy atom. The van der Waals surface area contributed by atoms with Crippen LogP contribution in [-0.4, -0.2) is 54.7 Å². The highest BCUT2D eigenvalue weighted by molar-refractivity contribution is 5.69. The van der Waals surface area contributed by atoms with Crippen LogP contribution in [0.5, 0.6) is 11.5 Å². The summed E-state index contributed by atoms with van der Waals surface area (Å²) in [4.78, 5) is 28.5. The van der Waals surface area contributed by atoms with Crippen molar-refractivity contribution in [1.29, 1.82) is 0 Å². The quantitative estimate of drug-likeness (QED) is 0.414. The summed E-state index contributed by atoms with van der Waals surface area (Å²) in [5.41, 5.74) is -0.0202. The van der Waals surface area contributed by atoms with Gasteiger partial charge in [0.15, 0.2) is 22.7 Å². The van der Waals surface area contributed by atoms with Crippen LogP contribution in [0, 0.1) is 0 Å². The van der Waals surface area contributed by atoms with Gasteiger partial charge in [0.05, 0.1) is 6.33 Å². The molecule has 2 aromatic heterocycles. The molecule has 10 heteroatoms. The first-order valence-corrected chi connectivity index (χ1v) is 9.30. The average molecular weight is 403 g/mol. The first-order valence-electron chi connectivity index (χ1n) is 9.30. The number of aliphatic hydroxyl groups is 1. The molecule has 1 atom stereocenters. The number of nitrogens with one attached hydrogen (secondary N) is 1. The van der Waals surface area contributed by atoms with Gasteiger partial charge in [-0.2, -0.15) is 0 Å². The number of aliphatic hydroxyl groups excluding tert-OH is 1. The second kappa shape index (κ2) is 8.93. The number of imidazole rings is 1. The van der Waals surface area contributed by atoms with Gasteiger partial charge in [-0.3, -0.25) is 13.9 Å². The minimum absolute atomic E-state index is 0.0314. The fourth-order valence-corrected chi connectivity index (χ4v) is 3.03. The summed E-state index contributed by atoms with van der Waals surface area (Å²) in [6.07, 6.45) is 1.52. The fourth-order valence-electron chi connectivity index (χ4n) is 3.03. The van der Waals surface area contributed by atoms with Crippen LogP contribution in [0.4, 0.5) is 0 Å². The molecule has 10 nitrogen and oxygen atoms in total. The maximum atomic E-state index is 12.4. The number of hydrogen-bond donors (Lipinski definition) is 3. The molecule has 0 fully saturated rings. The Kier molecular flexibility index (Phi) is 6.35. The van der Waals surface area contributed by atoms with Crippen LogP contribution in [0.3, 0.4) is 0 Å². The molecule has 0 saturated carbocycles. The number of phenolic OH excluding ortho intramolecular Hbond substituents is 1. The number of fused-ring (bicyclic) bond motifs is 1. The van der Waals surface area contributed by atoms with Crippen molar-refractivity contribution in [2.75, 3.05) is 19.7 Å². The van der Waals surface area contributed by atoms with Crippen LogP contribution in [-0.2, 0) is 20.6 Å². The molecule has 0 aliphatic heterocycles. The van der Waals surface area contributed by atoms with Gasteiger partial charge in [0.25, 0.3) is 5.56 Å². The van der Waals surface area contributed by atoms with Crippen LogP contribution in [0.15, 0.2) is 40.2 Å². The number of benzene rings is 1. The molecule has 0 bridgehead atoms. The van der Waals surface area contributed by atoms with E-state index in [-0.39, 0.29) is 17.9 Å². The number of rotatable bonds is 9. The molecular formula is C19H25N5O5. The van der Waals surface area contributed by atoms with Crippen molar-refractivity contribution in [3.05, 3.63) is 51.4 Å². The van der Waals surface area contributed by atoms with E-state index in [1.54, 1.807) is 36.1 Å². The largest absolute Gasteiger partial charge is 0.504 e. The molecule has 0 amide bonds. The molecule has 0 aliphatic rings. The van der Waals surface area contributed by atoms with E-state index in [9.17, 15) is 19.8 Å². The molecule has 3 N–H and O–H groups in total. The number of aromatic nitrogens is 4. The zero-order valence-corrected chi connectivity index (χ0v) is 16.4. The molecule has 29 heavy (non-hydrogen) atoms. The molecule has 0 saturated heterocycles. The topological polar surface area (TPSA) is 124 Å². The number of nitrogens with zero attached hydrogens (tertiary/aromatic N) is 4. The van der Waals surface area contributed by atoms with Gasteiger partial charge in [0.1, 0.15) is 12.7 Å². The summed E-state index contributed by atoms with van der Waals surface area (Å²) >= 11 is 0. The van der Waals surface area contributed by atoms with Crippen molar-refractivity contribution >= 4 is 11.2 Å². The maximum Gasteiger partial charge on any atom is 0.332 e. The molecule has 3 aromatic rings. The van der Waals surface area contributed by atoms with Gasteiger partial charge in [-0.05, 0) is 25.1 Å². The van der Waals surface area contributed by atoms with Crippen LogP contribution in [0.2, 0.25) is 0 Å². The number of aryl methyl sites for hydroxylation is 2. The zero-order chi connectivity index (χ0) is 21.0. The molecule has 0 radical (unpaired) electrons. The van der Waals surface area contributed by atoms with E-state index in [1.807, 2.05) is 0 Å². The zero-order valence-electron chi connectivity index (χ0n) is 16.4. The summed E-state index contributed by atoms with van der Waals surface area (Å²) in [6.45, 7) is 1.54. The molecule has 3 rings (SSSR count). The second-order valence-electron chi connectivity index (χ2n) is 6.81. The summed E-state index contributed by atoms with van der Waals surface area (Å²) in [5, 5.41) is 22.7. The molecule has 0 aliphatic carbocycles. The standard InChI is InChI=1S/C19H25N5O5/c1-22-17-16(18(27)23(2)19(22)28)24(12-21-17)9-5-8-20-10-13(25)11-29-15-7-4-3-6-14(15)26/h3-4,6-7,12-13,20,25-26H,5,8-11H2,1-2H3. The Bertz CT molecular complexity index is 1100. The normalized spacial score (nSPS) is 12.4. The smallest absolute Gasteiger partial charge is 0.332 e. The second-order valence-corrected chi connectivity index (χ2v) is 6.81. The number of aromatic hydroxyl groups is 1. The van der Waals surface area contributed by atoms with Crippen molar-refractivity contribution in [3.63, 3.8) is 0 Å². The van der Waals surface area contributed by atoms with E-state index in [4.69, 9.17) is 4.74 Å². The number of para-hydroxylation sites is 2. The predicted molar refractivity (Wildman–Crippen MR) is 107 cm³/mol. The maximum absolute atomic E-state index is 12.4. The third kappa shape index (κ3) is 4.49. The highest BCUT2D eigenvalue weighted by Crippen LogP contribution is 2.24. The van der Waals surface area contributed by atoms with Gasteiger partial charge in [0, 0.05) is 27.2 Å². The highest BCUT2D eigenvalue weighted by Gasteiger charge is 2.14. The summed E-state index contributed by atoms with van der Waals surface area (Å²) in [7, 11) is 3.03. The van der Waals surface area contributed by atoms with E-state index >= 15 is 0 Å². The summed E-state index contributed by atoms with van der Waals surface area (Å²) in [6, 6.07) is 6.58. The molecule has 1 aromatic carbocycles. The monoisotopic (exact) mass is 403 g/mol. The first kappa shape index (κ1) is 20.6. The van der Waals surface area contributed by atoms with Crippen LogP contribution >= 0.6 is 0 Å². The van der Waals surface area contributed by atoms with E-state index < -0.39 is 11.8 Å². The molecule has 1 unspecified atom stereocenters. The van der Waals surface area contributed by atoms with Crippen LogP contribution in [0.25, 0.3) is 11.2 Å². The minimum atomic E-state index is -0.731. The first-order chi connectivity index (χ1) is 13.9. The Morgan fingerprint density at radius 1 is 1.21 bits per heavy atom. The lowest BCUT2D eigenvalue weighted by atomic mass is 10.3. The third-order valence-corrected chi connectivity index (χ3v) is 4.65. The summed E-state index contributed by atoms with van der Waals surface area (Å²) < 4.78 is 9.55. The average Bonchev–Trinajstić information content (AvgIpc) is 3.14. The fraction of sp³-hybridized carbons (Fsp3) is 0.421. The van der Waals surface area contributed by atoms with Gasteiger partial charge in [-0.15, -0.1) is 0 Å². The van der Waals surface area contributed by atoms with Gasteiger partial charge in [-0.25, -0.2) is 9.78 Å². The Labute approximate surface area is 166 Å². The van der Waals surface area contributed by atoms with Crippen molar-refractivity contribution in [2.24, 2.45) is 14.1 Å². The number of hydrogen-bond acceptors (Lipinski definition) is 7. The van der Waals surface area contributed by atoms with Crippen molar-refractivity contribution in [3.8, 4) is 11.5 Å². The Hall–Kier alpha value is -3.11. The van der Waals surface area contributed by atoms with Crippen molar-refractivity contribution in [1.82, 2.24) is 24.0 Å². The SMILES string of the molecule is Cn1c(=O)c2c(ncn2CCCNCC(O)COc2ccccc2O)n(C)c1=O. The van der Waals surface area contributed by atoms with Gasteiger partial charge in [0.2, 0.25) is 0 Å². The van der Waals surface area contributed by atoms with Crippen molar-refractivity contribution in [2.45, 2.75) is 19.1 Å². The minimum Gasteiger partial charge on any atom is -0.504 e. The van der Waals surface area contributed by atoms with E-state index in [2.05, 4.69) is 10.3 Å². The van der Waals surface area contributed by atoms with E-state index in [0.717, 1.165) is 4.57 Å². The Morgan fingerprint density at radius 2 is 1.97 bits per heavy atom. The lowest BCUT2D eigenvalue weighted by Crippen LogP contribution is -2.37.